The van der Waals surface area contributed by atoms with E-state index >= 15 is 0 Å². The first-order chi connectivity index (χ1) is 9.56. The monoisotopic (exact) mass is 311 g/mol. The fraction of sp³-hybridized carbons (Fsp3) is 0.571. The molecule has 0 aromatic carbocycles. The molecule has 0 spiro atoms. The van der Waals surface area contributed by atoms with E-state index in [1.165, 1.54) is 17.7 Å². The first-order valence-electron chi connectivity index (χ1n) is 6.85. The van der Waals surface area contributed by atoms with Crippen molar-refractivity contribution in [3.8, 4) is 0 Å². The van der Waals surface area contributed by atoms with Gasteiger partial charge in [-0.15, -0.1) is 11.3 Å². The van der Waals surface area contributed by atoms with Crippen molar-refractivity contribution in [2.45, 2.75) is 31.8 Å². The van der Waals surface area contributed by atoms with Crippen LogP contribution in [0, 0.1) is 0 Å². The first kappa shape index (κ1) is 15.4. The highest BCUT2D eigenvalue weighted by molar-refractivity contribution is 7.80. The Bertz CT molecular complexity index is 457. The molecule has 6 heteroatoms. The smallest absolute Gasteiger partial charge is 0.236 e. The van der Waals surface area contributed by atoms with Crippen molar-refractivity contribution < 1.29 is 4.79 Å². The highest BCUT2D eigenvalue weighted by Crippen LogP contribution is 2.29. The number of amides is 1. The minimum absolute atomic E-state index is 0.143. The molecule has 1 aromatic heterocycles. The van der Waals surface area contributed by atoms with Gasteiger partial charge in [0.1, 0.15) is 0 Å². The van der Waals surface area contributed by atoms with Crippen LogP contribution in [0.15, 0.2) is 17.5 Å². The average molecular weight is 311 g/mol. The molecule has 2 N–H and O–H groups in total. The van der Waals surface area contributed by atoms with Crippen molar-refractivity contribution in [2.75, 3.05) is 20.1 Å². The Hall–Kier alpha value is -0.980. The summed E-state index contributed by atoms with van der Waals surface area (Å²) >= 11 is 6.59. The molecule has 1 heterocycles. The van der Waals surface area contributed by atoms with Crippen molar-refractivity contribution in [1.29, 1.82) is 0 Å². The van der Waals surface area contributed by atoms with Gasteiger partial charge in [0.2, 0.25) is 5.91 Å². The van der Waals surface area contributed by atoms with Crippen molar-refractivity contribution in [1.82, 2.24) is 9.80 Å². The van der Waals surface area contributed by atoms with Crippen molar-refractivity contribution in [2.24, 2.45) is 5.73 Å². The second-order valence-corrected chi connectivity index (χ2v) is 6.80. The number of thiocarbonyl (C=S) groups is 1. The predicted molar refractivity (Wildman–Crippen MR) is 86.8 cm³/mol. The number of nitrogens with two attached hydrogens (primary N) is 1. The second kappa shape index (κ2) is 7.15. The molecule has 0 saturated heterocycles. The third kappa shape index (κ3) is 4.85. The maximum Gasteiger partial charge on any atom is 0.236 e. The van der Waals surface area contributed by atoms with Gasteiger partial charge in [-0.3, -0.25) is 9.69 Å². The molecule has 0 unspecified atom stereocenters. The summed E-state index contributed by atoms with van der Waals surface area (Å²) in [7, 11) is 1.82. The van der Waals surface area contributed by atoms with Gasteiger partial charge in [-0.25, -0.2) is 0 Å². The standard InChI is InChI=1S/C14H21N3OS2/c1-16(7-6-13(15)19)14(18)10-17(11-4-5-11)9-12-3-2-8-20-12/h2-3,8,11H,4-7,9-10H2,1H3,(H2,15,19). The molecule has 20 heavy (non-hydrogen) atoms. The second-order valence-electron chi connectivity index (χ2n) is 5.25. The lowest BCUT2D eigenvalue weighted by molar-refractivity contribution is -0.131. The molecule has 1 amide bonds. The molecule has 0 radical (unpaired) electrons. The first-order valence-corrected chi connectivity index (χ1v) is 8.13. The van der Waals surface area contributed by atoms with Gasteiger partial charge in [0, 0.05) is 37.5 Å². The molecule has 0 bridgehead atoms. The number of hydrogen-bond acceptors (Lipinski definition) is 4. The largest absolute Gasteiger partial charge is 0.393 e. The number of hydrogen-bond donors (Lipinski definition) is 1. The van der Waals surface area contributed by atoms with Crippen molar-refractivity contribution in [3.05, 3.63) is 22.4 Å². The maximum atomic E-state index is 12.2. The van der Waals surface area contributed by atoms with Crippen LogP contribution < -0.4 is 5.73 Å². The number of thiophene rings is 1. The molecule has 1 fully saturated rings. The average Bonchev–Trinajstić information content (AvgIpc) is 3.13. The fourth-order valence-corrected chi connectivity index (χ4v) is 2.87. The molecule has 1 aliphatic carbocycles. The van der Waals surface area contributed by atoms with Gasteiger partial charge in [-0.05, 0) is 24.3 Å². The summed E-state index contributed by atoms with van der Waals surface area (Å²) in [6.45, 7) is 1.96. The summed E-state index contributed by atoms with van der Waals surface area (Å²) < 4.78 is 0. The Morgan fingerprint density at radius 2 is 2.30 bits per heavy atom. The Balaban J connectivity index is 1.84. The zero-order valence-electron chi connectivity index (χ0n) is 11.7. The van der Waals surface area contributed by atoms with E-state index in [9.17, 15) is 4.79 Å². The lowest BCUT2D eigenvalue weighted by Crippen LogP contribution is -2.40. The molecular weight excluding hydrogens is 290 g/mol. The number of likely N-dealkylation sites (N-methyl/N-ethyl adjacent to an activating group) is 1. The summed E-state index contributed by atoms with van der Waals surface area (Å²) in [5, 5.41) is 2.08. The third-order valence-corrected chi connectivity index (χ3v) is 4.53. The number of carbonyl (C=O) groups excluding carboxylic acids is 1. The van der Waals surface area contributed by atoms with Crippen LogP contribution in [-0.4, -0.2) is 46.9 Å². The minimum Gasteiger partial charge on any atom is -0.393 e. The molecule has 1 aliphatic rings. The van der Waals surface area contributed by atoms with Crippen LogP contribution >= 0.6 is 23.6 Å². The molecule has 0 atom stereocenters. The van der Waals surface area contributed by atoms with Crippen LogP contribution in [0.3, 0.4) is 0 Å². The SMILES string of the molecule is CN(CCC(N)=S)C(=O)CN(Cc1cccs1)C1CC1. The molecular formula is C14H21N3OS2. The van der Waals surface area contributed by atoms with Gasteiger partial charge >= 0.3 is 0 Å². The summed E-state index contributed by atoms with van der Waals surface area (Å²) in [4.78, 5) is 18.0. The van der Waals surface area contributed by atoms with E-state index in [-0.39, 0.29) is 5.91 Å². The maximum absolute atomic E-state index is 12.2. The van der Waals surface area contributed by atoms with Gasteiger partial charge in [0.25, 0.3) is 0 Å². The zero-order chi connectivity index (χ0) is 14.5. The van der Waals surface area contributed by atoms with Crippen LogP contribution in [0.5, 0.6) is 0 Å². The van der Waals surface area contributed by atoms with Crippen LogP contribution in [0.4, 0.5) is 0 Å². The Morgan fingerprint density at radius 3 is 2.85 bits per heavy atom. The highest BCUT2D eigenvalue weighted by Gasteiger charge is 2.31. The van der Waals surface area contributed by atoms with Gasteiger partial charge in [0.15, 0.2) is 0 Å². The normalized spacial score (nSPS) is 14.5. The van der Waals surface area contributed by atoms with Crippen LogP contribution in [0.25, 0.3) is 0 Å². The van der Waals surface area contributed by atoms with E-state index in [1.54, 1.807) is 16.2 Å². The lowest BCUT2D eigenvalue weighted by atomic mass is 10.3. The lowest BCUT2D eigenvalue weighted by Gasteiger charge is -2.24. The van der Waals surface area contributed by atoms with Gasteiger partial charge in [-0.2, -0.15) is 0 Å². The van der Waals surface area contributed by atoms with E-state index in [2.05, 4.69) is 22.4 Å². The molecule has 1 saturated carbocycles. The van der Waals surface area contributed by atoms with E-state index in [4.69, 9.17) is 18.0 Å². The Morgan fingerprint density at radius 1 is 1.55 bits per heavy atom. The van der Waals surface area contributed by atoms with E-state index in [0.717, 1.165) is 6.54 Å². The molecule has 1 aromatic rings. The Labute approximate surface area is 129 Å². The number of carbonyl (C=O) groups is 1. The number of rotatable bonds is 8. The van der Waals surface area contributed by atoms with Crippen LogP contribution in [-0.2, 0) is 11.3 Å². The Kier molecular flexibility index (Phi) is 5.51. The van der Waals surface area contributed by atoms with Crippen LogP contribution in [0.1, 0.15) is 24.1 Å². The minimum atomic E-state index is 0.143. The predicted octanol–water partition coefficient (Wildman–Crippen LogP) is 1.85. The van der Waals surface area contributed by atoms with Crippen LogP contribution in [0.2, 0.25) is 0 Å². The summed E-state index contributed by atoms with van der Waals surface area (Å²) in [6.07, 6.45) is 3.00. The van der Waals surface area contributed by atoms with Crippen molar-refractivity contribution >= 4 is 34.5 Å². The topological polar surface area (TPSA) is 49.6 Å². The summed E-state index contributed by atoms with van der Waals surface area (Å²) in [6, 6.07) is 4.76. The van der Waals surface area contributed by atoms with Gasteiger partial charge < -0.3 is 10.6 Å². The van der Waals surface area contributed by atoms with E-state index in [0.29, 0.717) is 30.5 Å². The fourth-order valence-electron chi connectivity index (χ4n) is 2.05. The summed E-state index contributed by atoms with van der Waals surface area (Å²) in [5.41, 5.74) is 5.48. The highest BCUT2D eigenvalue weighted by atomic mass is 32.1. The summed E-state index contributed by atoms with van der Waals surface area (Å²) in [5.74, 6) is 0.143. The molecule has 2 rings (SSSR count). The molecule has 0 aliphatic heterocycles. The van der Waals surface area contributed by atoms with Crippen molar-refractivity contribution in [3.63, 3.8) is 0 Å². The molecule has 110 valence electrons. The van der Waals surface area contributed by atoms with Gasteiger partial charge in [-0.1, -0.05) is 18.3 Å². The third-order valence-electron chi connectivity index (χ3n) is 3.46. The van der Waals surface area contributed by atoms with E-state index in [1.807, 2.05) is 7.05 Å². The zero-order valence-corrected chi connectivity index (χ0v) is 13.4. The van der Waals surface area contributed by atoms with Gasteiger partial charge in [0.05, 0.1) is 11.5 Å². The number of nitrogens with zero attached hydrogens (tertiary/aromatic N) is 2. The quantitative estimate of drug-likeness (QED) is 0.744. The molecule has 4 nitrogen and oxygen atoms in total. The van der Waals surface area contributed by atoms with E-state index < -0.39 is 0 Å².